The Bertz CT molecular complexity index is 895. The summed E-state index contributed by atoms with van der Waals surface area (Å²) in [6.45, 7) is 2.30. The lowest BCUT2D eigenvalue weighted by Gasteiger charge is -2.21. The van der Waals surface area contributed by atoms with Crippen LogP contribution in [0, 0.1) is 0 Å². The van der Waals surface area contributed by atoms with E-state index >= 15 is 0 Å². The average Bonchev–Trinajstić information content (AvgIpc) is 2.88. The van der Waals surface area contributed by atoms with E-state index in [2.05, 4.69) is 4.98 Å². The second-order valence-corrected chi connectivity index (χ2v) is 8.76. The van der Waals surface area contributed by atoms with Gasteiger partial charge in [-0.3, -0.25) is 4.31 Å². The van der Waals surface area contributed by atoms with Gasteiger partial charge < -0.3 is 4.74 Å². The summed E-state index contributed by atoms with van der Waals surface area (Å²) in [6, 6.07) is 6.17. The van der Waals surface area contributed by atoms with E-state index in [-0.39, 0.29) is 16.5 Å². The van der Waals surface area contributed by atoms with Crippen molar-refractivity contribution in [2.24, 2.45) is 0 Å². The number of halogens is 1. The summed E-state index contributed by atoms with van der Waals surface area (Å²) in [5.74, 6) is -0.527. The zero-order valence-corrected chi connectivity index (χ0v) is 16.0. The van der Waals surface area contributed by atoms with Crippen LogP contribution in [0.3, 0.4) is 0 Å². The molecule has 0 amide bonds. The van der Waals surface area contributed by atoms with Gasteiger partial charge in [-0.25, -0.2) is 18.2 Å². The first-order valence-electron chi connectivity index (χ1n) is 7.88. The number of aromatic nitrogens is 1. The first kappa shape index (κ1) is 18.2. The van der Waals surface area contributed by atoms with Crippen molar-refractivity contribution in [2.45, 2.75) is 31.1 Å². The normalized spacial score (nSPS) is 14.7. The predicted octanol–water partition coefficient (Wildman–Crippen LogP) is 3.50. The topological polar surface area (TPSA) is 76.6 Å². The lowest BCUT2D eigenvalue weighted by molar-refractivity contribution is 0.0525. The SMILES string of the molecule is CCOC(=O)c1nc2c(s1)N(S(=O)(=O)c1cccc(Cl)c1)CCCC2. The summed E-state index contributed by atoms with van der Waals surface area (Å²) < 4.78 is 32.5. The van der Waals surface area contributed by atoms with Gasteiger partial charge >= 0.3 is 5.97 Å². The van der Waals surface area contributed by atoms with Crippen LogP contribution in [-0.2, 0) is 21.2 Å². The Hall–Kier alpha value is -1.64. The zero-order valence-electron chi connectivity index (χ0n) is 13.6. The highest BCUT2D eigenvalue weighted by Crippen LogP contribution is 2.36. The highest BCUT2D eigenvalue weighted by molar-refractivity contribution is 7.93. The van der Waals surface area contributed by atoms with Crippen LogP contribution < -0.4 is 4.31 Å². The predicted molar refractivity (Wildman–Crippen MR) is 97.0 cm³/mol. The van der Waals surface area contributed by atoms with E-state index in [0.717, 1.165) is 24.2 Å². The van der Waals surface area contributed by atoms with Gasteiger partial charge in [0.05, 0.1) is 17.2 Å². The van der Waals surface area contributed by atoms with Gasteiger partial charge in [0, 0.05) is 11.6 Å². The second kappa shape index (κ2) is 7.31. The second-order valence-electron chi connectivity index (χ2n) is 5.48. The maximum absolute atomic E-state index is 13.1. The summed E-state index contributed by atoms with van der Waals surface area (Å²) >= 11 is 7.01. The Morgan fingerprint density at radius 3 is 2.92 bits per heavy atom. The number of hydrogen-bond donors (Lipinski definition) is 0. The van der Waals surface area contributed by atoms with Crippen LogP contribution in [0.4, 0.5) is 5.00 Å². The van der Waals surface area contributed by atoms with E-state index in [1.54, 1.807) is 19.1 Å². The average molecular weight is 401 g/mol. The van der Waals surface area contributed by atoms with Gasteiger partial charge in [-0.05, 0) is 44.4 Å². The molecular formula is C16H17ClN2O4S2. The molecule has 1 aromatic carbocycles. The molecule has 1 aliphatic rings. The molecule has 1 aliphatic heterocycles. The minimum atomic E-state index is -3.78. The molecule has 0 N–H and O–H groups in total. The molecule has 134 valence electrons. The molecule has 2 heterocycles. The molecule has 0 spiro atoms. The van der Waals surface area contributed by atoms with Crippen LogP contribution in [0.1, 0.15) is 35.3 Å². The molecule has 2 aromatic rings. The van der Waals surface area contributed by atoms with Crippen LogP contribution in [0.5, 0.6) is 0 Å². The van der Waals surface area contributed by atoms with E-state index in [4.69, 9.17) is 16.3 Å². The summed E-state index contributed by atoms with van der Waals surface area (Å²) in [5, 5.41) is 1.02. The number of benzene rings is 1. The van der Waals surface area contributed by atoms with Crippen LogP contribution in [0.25, 0.3) is 0 Å². The van der Waals surface area contributed by atoms with E-state index in [9.17, 15) is 13.2 Å². The number of thiazole rings is 1. The minimum Gasteiger partial charge on any atom is -0.461 e. The zero-order chi connectivity index (χ0) is 18.0. The Balaban J connectivity index is 2.04. The monoisotopic (exact) mass is 400 g/mol. The molecule has 25 heavy (non-hydrogen) atoms. The summed E-state index contributed by atoms with van der Waals surface area (Å²) in [5.41, 5.74) is 0.621. The fourth-order valence-electron chi connectivity index (χ4n) is 2.61. The Morgan fingerprint density at radius 2 is 2.20 bits per heavy atom. The molecule has 0 bridgehead atoms. The van der Waals surface area contributed by atoms with Gasteiger partial charge in [-0.1, -0.05) is 29.0 Å². The molecular weight excluding hydrogens is 384 g/mol. The molecule has 0 aliphatic carbocycles. The number of ether oxygens (including phenoxy) is 1. The number of fused-ring (bicyclic) bond motifs is 1. The van der Waals surface area contributed by atoms with Gasteiger partial charge in [0.25, 0.3) is 10.0 Å². The number of aryl methyl sites for hydroxylation is 1. The molecule has 1 aromatic heterocycles. The summed E-state index contributed by atoms with van der Waals surface area (Å²) in [4.78, 5) is 16.4. The molecule has 9 heteroatoms. The molecule has 0 unspecified atom stereocenters. The van der Waals surface area contributed by atoms with Crippen LogP contribution >= 0.6 is 22.9 Å². The van der Waals surface area contributed by atoms with Crippen molar-refractivity contribution in [3.8, 4) is 0 Å². The molecule has 3 rings (SSSR count). The molecule has 0 saturated carbocycles. The maximum atomic E-state index is 13.1. The fourth-order valence-corrected chi connectivity index (χ4v) is 5.69. The van der Waals surface area contributed by atoms with Crippen LogP contribution in [-0.4, -0.2) is 32.5 Å². The van der Waals surface area contributed by atoms with Gasteiger partial charge in [-0.2, -0.15) is 0 Å². The number of nitrogens with zero attached hydrogens (tertiary/aromatic N) is 2. The molecule has 0 fully saturated rings. The maximum Gasteiger partial charge on any atom is 0.367 e. The van der Waals surface area contributed by atoms with Crippen molar-refractivity contribution in [2.75, 3.05) is 17.5 Å². The number of sulfonamides is 1. The van der Waals surface area contributed by atoms with Crippen LogP contribution in [0.15, 0.2) is 29.2 Å². The molecule has 0 saturated heterocycles. The Kier molecular flexibility index (Phi) is 5.31. The first-order chi connectivity index (χ1) is 11.9. The van der Waals surface area contributed by atoms with Gasteiger partial charge in [0.15, 0.2) is 0 Å². The highest BCUT2D eigenvalue weighted by Gasteiger charge is 2.32. The number of esters is 1. The van der Waals surface area contributed by atoms with Crippen LogP contribution in [0.2, 0.25) is 5.02 Å². The summed E-state index contributed by atoms with van der Waals surface area (Å²) in [7, 11) is -3.78. The third kappa shape index (κ3) is 3.65. The van der Waals surface area contributed by atoms with Crippen molar-refractivity contribution in [3.63, 3.8) is 0 Å². The highest BCUT2D eigenvalue weighted by atomic mass is 35.5. The quantitative estimate of drug-likeness (QED) is 0.734. The fraction of sp³-hybridized carbons (Fsp3) is 0.375. The summed E-state index contributed by atoms with van der Waals surface area (Å²) in [6.07, 6.45) is 2.16. The van der Waals surface area contributed by atoms with Crippen molar-refractivity contribution >= 4 is 43.9 Å². The number of carbonyl (C=O) groups excluding carboxylic acids is 1. The number of anilines is 1. The van der Waals surface area contributed by atoms with Crippen molar-refractivity contribution < 1.29 is 17.9 Å². The van der Waals surface area contributed by atoms with Gasteiger partial charge in [-0.15, -0.1) is 0 Å². The molecule has 6 nitrogen and oxygen atoms in total. The smallest absolute Gasteiger partial charge is 0.367 e. The van der Waals surface area contributed by atoms with E-state index in [1.165, 1.54) is 16.4 Å². The van der Waals surface area contributed by atoms with Gasteiger partial charge in [0.2, 0.25) is 5.01 Å². The van der Waals surface area contributed by atoms with Crippen molar-refractivity contribution in [1.29, 1.82) is 0 Å². The van der Waals surface area contributed by atoms with E-state index in [1.807, 2.05) is 0 Å². The molecule has 0 radical (unpaired) electrons. The third-order valence-electron chi connectivity index (χ3n) is 3.76. The third-order valence-corrected chi connectivity index (χ3v) is 7.01. The van der Waals surface area contributed by atoms with Crippen molar-refractivity contribution in [1.82, 2.24) is 4.98 Å². The Labute approximate surface area is 155 Å². The lowest BCUT2D eigenvalue weighted by atomic mass is 10.2. The molecule has 0 atom stereocenters. The first-order valence-corrected chi connectivity index (χ1v) is 10.5. The number of rotatable bonds is 4. The number of hydrogen-bond acceptors (Lipinski definition) is 6. The Morgan fingerprint density at radius 1 is 1.40 bits per heavy atom. The van der Waals surface area contributed by atoms with E-state index in [0.29, 0.717) is 28.7 Å². The van der Waals surface area contributed by atoms with E-state index < -0.39 is 16.0 Å². The lowest BCUT2D eigenvalue weighted by Crippen LogP contribution is -2.31. The minimum absolute atomic E-state index is 0.124. The standard InChI is InChI=1S/C16H17ClN2O4S2/c1-2-23-16(20)14-18-13-8-3-4-9-19(15(13)24-14)25(21,22)12-7-5-6-11(17)10-12/h5-7,10H,2-4,8-9H2,1H3. The number of carbonyl (C=O) groups is 1. The van der Waals surface area contributed by atoms with Crippen molar-refractivity contribution in [3.05, 3.63) is 40.0 Å². The van der Waals surface area contributed by atoms with Gasteiger partial charge in [0.1, 0.15) is 5.00 Å². The largest absolute Gasteiger partial charge is 0.461 e.